The summed E-state index contributed by atoms with van der Waals surface area (Å²) < 4.78 is 18.2. The van der Waals surface area contributed by atoms with Crippen molar-refractivity contribution in [3.8, 4) is 11.5 Å². The summed E-state index contributed by atoms with van der Waals surface area (Å²) in [4.78, 5) is 29.9. The van der Waals surface area contributed by atoms with Crippen molar-refractivity contribution in [2.24, 2.45) is 11.0 Å². The number of carbonyl (C=O) groups excluding carboxylic acids is 2. The highest BCUT2D eigenvalue weighted by atomic mass is 32.1. The molecule has 8 nitrogen and oxygen atoms in total. The van der Waals surface area contributed by atoms with E-state index in [0.29, 0.717) is 41.9 Å². The number of hydrogen-bond donors (Lipinski definition) is 1. The Bertz CT molecular complexity index is 1780. The third-order valence-corrected chi connectivity index (χ3v) is 11.2. The van der Waals surface area contributed by atoms with Gasteiger partial charge in [-0.05, 0) is 124 Å². The molecule has 0 atom stereocenters. The average molecular weight is 752 g/mol. The molecule has 1 aromatic heterocycles. The quantitative estimate of drug-likeness (QED) is 0.0213. The van der Waals surface area contributed by atoms with E-state index in [4.69, 9.17) is 24.3 Å². The second-order valence-corrected chi connectivity index (χ2v) is 15.3. The number of hydrogen-bond acceptors (Lipinski definition) is 9. The molecule has 1 aliphatic rings. The Balaban J connectivity index is 1.33. The Morgan fingerprint density at radius 1 is 0.889 bits per heavy atom. The predicted octanol–water partition coefficient (Wildman–Crippen LogP) is 11.2. The van der Waals surface area contributed by atoms with Gasteiger partial charge in [-0.15, -0.1) is 11.3 Å². The maximum atomic E-state index is 13.7. The molecule has 0 amide bonds. The van der Waals surface area contributed by atoms with Crippen LogP contribution in [0.1, 0.15) is 136 Å². The summed E-state index contributed by atoms with van der Waals surface area (Å²) in [6.45, 7) is 9.62. The van der Waals surface area contributed by atoms with E-state index >= 15 is 0 Å². The van der Waals surface area contributed by atoms with Gasteiger partial charge in [0.05, 0.1) is 29.0 Å². The van der Waals surface area contributed by atoms with Crippen LogP contribution in [0, 0.1) is 5.92 Å². The second-order valence-electron chi connectivity index (χ2n) is 14.2. The van der Waals surface area contributed by atoms with E-state index in [2.05, 4.69) is 44.1 Å². The molecular formula is C45H57N3O5S. The standard InChI is InChI=1S/C45H57N3O5S/c1-4-7-8-13-29-46-48-43(44-47-39-17-11-12-18-41(39)54-44)38-32-36(34-21-19-33(16-5-2)20-22-34)25-28-40(38)53-45(50)35-23-26-37(27-24-35)51-30-14-9-10-15-31-52-42(49)6-3/h6,11-12,17-18,23-28,32-34,46H,3-5,7-10,13-16,19-22,29-31H2,1-2H3. The van der Waals surface area contributed by atoms with Gasteiger partial charge in [-0.3, -0.25) is 0 Å². The Morgan fingerprint density at radius 2 is 1.65 bits per heavy atom. The molecule has 0 spiro atoms. The van der Waals surface area contributed by atoms with Crippen LogP contribution in [-0.4, -0.2) is 42.4 Å². The fourth-order valence-electron chi connectivity index (χ4n) is 7.06. The van der Waals surface area contributed by atoms with Crippen LogP contribution >= 0.6 is 11.3 Å². The Kier molecular flexibility index (Phi) is 16.6. The van der Waals surface area contributed by atoms with Crippen LogP contribution in [0.15, 0.2) is 84.5 Å². The number of ether oxygens (including phenoxy) is 3. The van der Waals surface area contributed by atoms with E-state index in [1.54, 1.807) is 35.6 Å². The zero-order valence-corrected chi connectivity index (χ0v) is 33.0. The third-order valence-electron chi connectivity index (χ3n) is 10.1. The predicted molar refractivity (Wildman–Crippen MR) is 220 cm³/mol. The van der Waals surface area contributed by atoms with Gasteiger partial charge < -0.3 is 19.6 Å². The number of fused-ring (bicyclic) bond motifs is 1. The topological polar surface area (TPSA) is 99.1 Å². The first-order chi connectivity index (χ1) is 26.5. The second kappa shape index (κ2) is 22.0. The van der Waals surface area contributed by atoms with Crippen LogP contribution < -0.4 is 14.9 Å². The number of esters is 2. The van der Waals surface area contributed by atoms with Crippen LogP contribution in [0.25, 0.3) is 10.2 Å². The molecule has 5 rings (SSSR count). The Morgan fingerprint density at radius 3 is 2.39 bits per heavy atom. The average Bonchev–Trinajstić information content (AvgIpc) is 3.63. The minimum absolute atomic E-state index is 0.386. The first kappa shape index (κ1) is 40.7. The van der Waals surface area contributed by atoms with Crippen molar-refractivity contribution in [1.82, 2.24) is 10.4 Å². The molecular weight excluding hydrogens is 695 g/mol. The van der Waals surface area contributed by atoms with Gasteiger partial charge in [-0.25, -0.2) is 14.6 Å². The first-order valence-corrected chi connectivity index (χ1v) is 20.9. The molecule has 0 saturated heterocycles. The molecule has 1 saturated carbocycles. The van der Waals surface area contributed by atoms with Crippen molar-refractivity contribution in [3.63, 3.8) is 0 Å². The number of rotatable bonds is 22. The van der Waals surface area contributed by atoms with Gasteiger partial charge in [-0.1, -0.05) is 70.7 Å². The number of aromatic nitrogens is 1. The molecule has 0 unspecified atom stereocenters. The number of hydrazone groups is 1. The molecule has 54 heavy (non-hydrogen) atoms. The first-order valence-electron chi connectivity index (χ1n) is 20.0. The van der Waals surface area contributed by atoms with Crippen LogP contribution in [0.5, 0.6) is 11.5 Å². The van der Waals surface area contributed by atoms with E-state index in [0.717, 1.165) is 84.6 Å². The molecule has 1 N–H and O–H groups in total. The van der Waals surface area contributed by atoms with Gasteiger partial charge in [-0.2, -0.15) is 5.10 Å². The summed E-state index contributed by atoms with van der Waals surface area (Å²) >= 11 is 1.60. The Labute approximate surface area is 325 Å². The number of benzene rings is 3. The molecule has 1 heterocycles. The molecule has 9 heteroatoms. The van der Waals surface area contributed by atoms with Gasteiger partial charge >= 0.3 is 11.9 Å². The lowest BCUT2D eigenvalue weighted by Crippen LogP contribution is -2.18. The van der Waals surface area contributed by atoms with Gasteiger partial charge in [0.1, 0.15) is 22.2 Å². The van der Waals surface area contributed by atoms with Crippen molar-refractivity contribution in [1.29, 1.82) is 0 Å². The highest BCUT2D eigenvalue weighted by Crippen LogP contribution is 2.39. The monoisotopic (exact) mass is 751 g/mol. The Hall–Kier alpha value is -4.50. The number of nitrogens with one attached hydrogen (secondary N) is 1. The summed E-state index contributed by atoms with van der Waals surface area (Å²) in [5.74, 6) is 1.60. The fourth-order valence-corrected chi connectivity index (χ4v) is 8.03. The number of unbranched alkanes of at least 4 members (excludes halogenated alkanes) is 6. The smallest absolute Gasteiger partial charge is 0.343 e. The molecule has 0 radical (unpaired) electrons. The maximum Gasteiger partial charge on any atom is 0.343 e. The molecule has 4 aromatic rings. The molecule has 288 valence electrons. The minimum Gasteiger partial charge on any atom is -0.494 e. The third kappa shape index (κ3) is 12.3. The summed E-state index contributed by atoms with van der Waals surface area (Å²) in [6.07, 6.45) is 16.7. The highest BCUT2D eigenvalue weighted by molar-refractivity contribution is 7.20. The maximum absolute atomic E-state index is 13.7. The van der Waals surface area contributed by atoms with E-state index in [9.17, 15) is 9.59 Å². The van der Waals surface area contributed by atoms with Gasteiger partial charge in [0.2, 0.25) is 0 Å². The van der Waals surface area contributed by atoms with Crippen molar-refractivity contribution in [2.45, 2.75) is 110 Å². The normalized spacial score (nSPS) is 15.9. The summed E-state index contributed by atoms with van der Waals surface area (Å²) in [5.41, 5.74) is 7.43. The van der Waals surface area contributed by atoms with Crippen molar-refractivity contribution >= 4 is 39.2 Å². The van der Waals surface area contributed by atoms with E-state index in [-0.39, 0.29) is 5.97 Å². The number of para-hydroxylation sites is 1. The molecule has 0 bridgehead atoms. The van der Waals surface area contributed by atoms with Crippen LogP contribution in [0.2, 0.25) is 0 Å². The lowest BCUT2D eigenvalue weighted by molar-refractivity contribution is -0.137. The zero-order chi connectivity index (χ0) is 38.0. The molecule has 0 aliphatic heterocycles. The largest absolute Gasteiger partial charge is 0.494 e. The van der Waals surface area contributed by atoms with Crippen molar-refractivity contribution < 1.29 is 23.8 Å². The van der Waals surface area contributed by atoms with Crippen molar-refractivity contribution in [2.75, 3.05) is 19.8 Å². The number of carbonyl (C=O) groups is 2. The van der Waals surface area contributed by atoms with E-state index in [1.807, 2.05) is 24.3 Å². The van der Waals surface area contributed by atoms with Crippen molar-refractivity contribution in [3.05, 3.63) is 101 Å². The number of nitrogens with zero attached hydrogens (tertiary/aromatic N) is 2. The lowest BCUT2D eigenvalue weighted by Gasteiger charge is -2.29. The minimum atomic E-state index is -0.441. The van der Waals surface area contributed by atoms with E-state index in [1.165, 1.54) is 50.2 Å². The van der Waals surface area contributed by atoms with Crippen LogP contribution in [-0.2, 0) is 9.53 Å². The van der Waals surface area contributed by atoms with Crippen LogP contribution in [0.3, 0.4) is 0 Å². The molecule has 1 aliphatic carbocycles. The zero-order valence-electron chi connectivity index (χ0n) is 32.2. The van der Waals surface area contributed by atoms with Crippen LogP contribution in [0.4, 0.5) is 0 Å². The number of thiazole rings is 1. The lowest BCUT2D eigenvalue weighted by atomic mass is 9.77. The summed E-state index contributed by atoms with van der Waals surface area (Å²) in [5, 5.41) is 5.77. The summed E-state index contributed by atoms with van der Waals surface area (Å²) in [6, 6.07) is 21.5. The summed E-state index contributed by atoms with van der Waals surface area (Å²) in [7, 11) is 0. The molecule has 3 aromatic carbocycles. The highest BCUT2D eigenvalue weighted by Gasteiger charge is 2.26. The molecule has 1 fully saturated rings. The van der Waals surface area contributed by atoms with Gasteiger partial charge in [0.15, 0.2) is 0 Å². The SMILES string of the molecule is C=CC(=O)OCCCCCCOc1ccc(C(=O)Oc2ccc(C3CCC(CCC)CC3)cc2C(=NNCCCCCC)c2nc3ccccc3s2)cc1. The fraction of sp³-hybridized carbons (Fsp3) is 0.467. The van der Waals surface area contributed by atoms with Gasteiger partial charge in [0, 0.05) is 18.2 Å². The van der Waals surface area contributed by atoms with E-state index < -0.39 is 5.97 Å². The van der Waals surface area contributed by atoms with Gasteiger partial charge in [0.25, 0.3) is 0 Å².